The Morgan fingerprint density at radius 2 is 2.11 bits per heavy atom. The van der Waals surface area contributed by atoms with Gasteiger partial charge in [0.05, 0.1) is 11.5 Å². The van der Waals surface area contributed by atoms with Crippen LogP contribution in [-0.2, 0) is 16.3 Å². The van der Waals surface area contributed by atoms with Crippen LogP contribution < -0.4 is 5.73 Å². The molecule has 2 atom stereocenters. The van der Waals surface area contributed by atoms with Gasteiger partial charge in [0.2, 0.25) is 0 Å². The monoisotopic (exact) mass is 267 g/mol. The average molecular weight is 267 g/mol. The molecule has 4 heteroatoms. The highest BCUT2D eigenvalue weighted by atomic mass is 32.2. The summed E-state index contributed by atoms with van der Waals surface area (Å²) in [6.07, 6.45) is 3.12. The number of aryl methyl sites for hydroxylation is 1. The standard InChI is InChI=1S/C14H21NO2S/c1-11(15)9-18(16,17)10-13-7-4-6-12-5-2-3-8-14(12)13/h2-3,5,8,11,13H,4,6-7,9-10,15H2,1H3. The maximum absolute atomic E-state index is 12.0. The summed E-state index contributed by atoms with van der Waals surface area (Å²) in [7, 11) is -3.05. The Kier molecular flexibility index (Phi) is 4.07. The van der Waals surface area contributed by atoms with E-state index in [4.69, 9.17) is 5.73 Å². The second-order valence-corrected chi connectivity index (χ2v) is 7.50. The van der Waals surface area contributed by atoms with Crippen LogP contribution in [0.25, 0.3) is 0 Å². The van der Waals surface area contributed by atoms with Gasteiger partial charge in [0, 0.05) is 6.04 Å². The van der Waals surface area contributed by atoms with E-state index in [1.54, 1.807) is 6.92 Å². The van der Waals surface area contributed by atoms with Crippen LogP contribution in [0.3, 0.4) is 0 Å². The first-order chi connectivity index (χ1) is 8.48. The lowest BCUT2D eigenvalue weighted by atomic mass is 9.84. The van der Waals surface area contributed by atoms with Crippen LogP contribution in [0.15, 0.2) is 24.3 Å². The smallest absolute Gasteiger partial charge is 0.152 e. The minimum atomic E-state index is -3.05. The molecule has 0 heterocycles. The fourth-order valence-corrected chi connectivity index (χ4v) is 4.70. The summed E-state index contributed by atoms with van der Waals surface area (Å²) in [4.78, 5) is 0. The molecule has 1 aromatic rings. The molecule has 1 aromatic carbocycles. The lowest BCUT2D eigenvalue weighted by Gasteiger charge is -2.25. The number of hydrogen-bond donors (Lipinski definition) is 1. The summed E-state index contributed by atoms with van der Waals surface area (Å²) in [6.45, 7) is 1.74. The highest BCUT2D eigenvalue weighted by Gasteiger charge is 2.25. The molecule has 2 unspecified atom stereocenters. The van der Waals surface area contributed by atoms with Crippen molar-refractivity contribution in [1.82, 2.24) is 0 Å². The quantitative estimate of drug-likeness (QED) is 0.906. The molecule has 0 bridgehead atoms. The van der Waals surface area contributed by atoms with Crippen molar-refractivity contribution in [2.45, 2.75) is 38.1 Å². The number of benzene rings is 1. The normalized spacial score (nSPS) is 21.3. The van der Waals surface area contributed by atoms with Gasteiger partial charge < -0.3 is 5.73 Å². The number of rotatable bonds is 4. The second-order valence-electron chi connectivity index (χ2n) is 5.34. The molecule has 3 nitrogen and oxygen atoms in total. The molecule has 0 fully saturated rings. The number of hydrogen-bond acceptors (Lipinski definition) is 3. The zero-order chi connectivity index (χ0) is 13.2. The first-order valence-corrected chi connectivity index (χ1v) is 8.34. The van der Waals surface area contributed by atoms with Crippen molar-refractivity contribution in [3.05, 3.63) is 35.4 Å². The molecule has 0 spiro atoms. The predicted molar refractivity (Wildman–Crippen MR) is 74.4 cm³/mol. The van der Waals surface area contributed by atoms with E-state index >= 15 is 0 Å². The molecule has 0 saturated heterocycles. The predicted octanol–water partition coefficient (Wildman–Crippen LogP) is 1.87. The second kappa shape index (κ2) is 5.41. The van der Waals surface area contributed by atoms with Gasteiger partial charge in [-0.3, -0.25) is 0 Å². The SMILES string of the molecule is CC(N)CS(=O)(=O)CC1CCCc2ccccc21. The largest absolute Gasteiger partial charge is 0.327 e. The van der Waals surface area contributed by atoms with Gasteiger partial charge in [-0.1, -0.05) is 24.3 Å². The first-order valence-electron chi connectivity index (χ1n) is 6.52. The van der Waals surface area contributed by atoms with Crippen LogP contribution in [0.1, 0.15) is 36.8 Å². The molecule has 1 aliphatic carbocycles. The molecule has 100 valence electrons. The molecular weight excluding hydrogens is 246 g/mol. The molecular formula is C14H21NO2S. The summed E-state index contributed by atoms with van der Waals surface area (Å²) >= 11 is 0. The lowest BCUT2D eigenvalue weighted by molar-refractivity contribution is 0.555. The highest BCUT2D eigenvalue weighted by molar-refractivity contribution is 7.91. The summed E-state index contributed by atoms with van der Waals surface area (Å²) in [5.41, 5.74) is 8.13. The van der Waals surface area contributed by atoms with E-state index < -0.39 is 9.84 Å². The van der Waals surface area contributed by atoms with Crippen molar-refractivity contribution in [3.63, 3.8) is 0 Å². The van der Waals surface area contributed by atoms with Crippen molar-refractivity contribution in [2.24, 2.45) is 5.73 Å². The topological polar surface area (TPSA) is 60.2 Å². The van der Waals surface area contributed by atoms with Gasteiger partial charge in [-0.2, -0.15) is 0 Å². The maximum atomic E-state index is 12.0. The van der Waals surface area contributed by atoms with Crippen LogP contribution in [0, 0.1) is 0 Å². The Bertz CT molecular complexity index is 508. The van der Waals surface area contributed by atoms with Crippen LogP contribution in [0.4, 0.5) is 0 Å². The molecule has 0 amide bonds. The van der Waals surface area contributed by atoms with Crippen molar-refractivity contribution in [1.29, 1.82) is 0 Å². The van der Waals surface area contributed by atoms with E-state index in [9.17, 15) is 8.42 Å². The van der Waals surface area contributed by atoms with E-state index in [-0.39, 0.29) is 23.5 Å². The minimum Gasteiger partial charge on any atom is -0.327 e. The summed E-state index contributed by atoms with van der Waals surface area (Å²) < 4.78 is 24.1. The van der Waals surface area contributed by atoms with E-state index in [1.165, 1.54) is 11.1 Å². The van der Waals surface area contributed by atoms with Gasteiger partial charge in [-0.15, -0.1) is 0 Å². The average Bonchev–Trinajstić information content (AvgIpc) is 2.27. The van der Waals surface area contributed by atoms with Gasteiger partial charge in [-0.05, 0) is 43.2 Å². The van der Waals surface area contributed by atoms with Gasteiger partial charge in [0.15, 0.2) is 9.84 Å². The molecule has 0 radical (unpaired) electrons. The van der Waals surface area contributed by atoms with Crippen molar-refractivity contribution in [2.75, 3.05) is 11.5 Å². The van der Waals surface area contributed by atoms with E-state index in [0.29, 0.717) is 0 Å². The molecule has 0 saturated carbocycles. The first kappa shape index (κ1) is 13.6. The summed E-state index contributed by atoms with van der Waals surface area (Å²) in [5.74, 6) is 0.482. The van der Waals surface area contributed by atoms with E-state index in [1.807, 2.05) is 12.1 Å². The van der Waals surface area contributed by atoms with Crippen LogP contribution >= 0.6 is 0 Å². The zero-order valence-electron chi connectivity index (χ0n) is 10.8. The fourth-order valence-electron chi connectivity index (χ4n) is 2.80. The van der Waals surface area contributed by atoms with E-state index in [2.05, 4.69) is 12.1 Å². The molecule has 2 N–H and O–H groups in total. The number of sulfone groups is 1. The summed E-state index contributed by atoms with van der Waals surface area (Å²) in [6, 6.07) is 7.92. The Hall–Kier alpha value is -0.870. The Balaban J connectivity index is 2.17. The van der Waals surface area contributed by atoms with Crippen molar-refractivity contribution >= 4 is 9.84 Å². The molecule has 18 heavy (non-hydrogen) atoms. The molecule has 0 aliphatic heterocycles. The fraction of sp³-hybridized carbons (Fsp3) is 0.571. The lowest BCUT2D eigenvalue weighted by Crippen LogP contribution is -2.30. The van der Waals surface area contributed by atoms with Crippen molar-refractivity contribution < 1.29 is 8.42 Å². The minimum absolute atomic E-state index is 0.0890. The number of nitrogens with two attached hydrogens (primary N) is 1. The van der Waals surface area contributed by atoms with Crippen LogP contribution in [0.2, 0.25) is 0 Å². The Morgan fingerprint density at radius 1 is 1.39 bits per heavy atom. The van der Waals surface area contributed by atoms with Gasteiger partial charge >= 0.3 is 0 Å². The Morgan fingerprint density at radius 3 is 2.83 bits per heavy atom. The van der Waals surface area contributed by atoms with Crippen LogP contribution in [0.5, 0.6) is 0 Å². The van der Waals surface area contributed by atoms with Crippen molar-refractivity contribution in [3.8, 4) is 0 Å². The zero-order valence-corrected chi connectivity index (χ0v) is 11.6. The highest BCUT2D eigenvalue weighted by Crippen LogP contribution is 2.32. The van der Waals surface area contributed by atoms with Gasteiger partial charge in [0.25, 0.3) is 0 Å². The van der Waals surface area contributed by atoms with E-state index in [0.717, 1.165) is 19.3 Å². The molecule has 1 aliphatic rings. The molecule has 2 rings (SSSR count). The molecule has 0 aromatic heterocycles. The third-order valence-corrected chi connectivity index (χ3v) is 5.41. The van der Waals surface area contributed by atoms with Gasteiger partial charge in [0.1, 0.15) is 0 Å². The maximum Gasteiger partial charge on any atom is 0.152 e. The third kappa shape index (κ3) is 3.33. The van der Waals surface area contributed by atoms with Gasteiger partial charge in [-0.25, -0.2) is 8.42 Å². The number of fused-ring (bicyclic) bond motifs is 1. The summed E-state index contributed by atoms with van der Waals surface area (Å²) in [5, 5.41) is 0. The Labute approximate surface area is 109 Å². The van der Waals surface area contributed by atoms with Crippen LogP contribution in [-0.4, -0.2) is 26.0 Å². The third-order valence-electron chi connectivity index (χ3n) is 3.47.